The van der Waals surface area contributed by atoms with Gasteiger partial charge in [-0.1, -0.05) is 12.5 Å². The van der Waals surface area contributed by atoms with Gasteiger partial charge in [-0.05, 0) is 31.0 Å². The lowest BCUT2D eigenvalue weighted by Gasteiger charge is -2.23. The highest BCUT2D eigenvalue weighted by Gasteiger charge is 2.24. The van der Waals surface area contributed by atoms with Crippen LogP contribution in [0.15, 0.2) is 47.1 Å². The van der Waals surface area contributed by atoms with E-state index in [0.29, 0.717) is 17.7 Å². The van der Waals surface area contributed by atoms with E-state index in [1.54, 1.807) is 29.9 Å². The second-order valence-corrected chi connectivity index (χ2v) is 9.94. The third-order valence-electron chi connectivity index (χ3n) is 5.27. The Morgan fingerprint density at radius 1 is 1.16 bits per heavy atom. The fraction of sp³-hybridized carbons (Fsp3) is 0.273. The van der Waals surface area contributed by atoms with E-state index in [0.717, 1.165) is 42.6 Å². The molecule has 158 valence electrons. The summed E-state index contributed by atoms with van der Waals surface area (Å²) in [5, 5.41) is 13.5. The molecule has 0 unspecified atom stereocenters. The first kappa shape index (κ1) is 20.2. The molecule has 0 atom stereocenters. The van der Waals surface area contributed by atoms with Gasteiger partial charge in [-0.2, -0.15) is 0 Å². The van der Waals surface area contributed by atoms with Crippen LogP contribution in [0.25, 0.3) is 32.7 Å². The molecule has 0 aliphatic heterocycles. The van der Waals surface area contributed by atoms with Gasteiger partial charge in [0.25, 0.3) is 0 Å². The standard InChI is InChI=1S/C22H22N6OS2/c23-19-18-15(16-6-1-2-7-24-16)10-17(13-11-26-22(27-12-13)25-8-9-29)28-20(18)31-21(19)30-14-4-3-5-14/h1-2,6-7,10-12,14,29H,3-5,8-9,23H2,(H,25,26,27). The second-order valence-electron chi connectivity index (χ2n) is 7.37. The van der Waals surface area contributed by atoms with Gasteiger partial charge in [0.2, 0.25) is 5.95 Å². The average Bonchev–Trinajstić information content (AvgIpc) is 3.10. The van der Waals surface area contributed by atoms with Crippen molar-refractivity contribution in [1.82, 2.24) is 19.9 Å². The number of nitrogens with zero attached hydrogens (tertiary/aromatic N) is 4. The number of aromatic nitrogens is 4. The summed E-state index contributed by atoms with van der Waals surface area (Å²) in [4.78, 5) is 19.1. The quantitative estimate of drug-likeness (QED) is 0.379. The molecule has 4 N–H and O–H groups in total. The maximum atomic E-state index is 8.95. The highest BCUT2D eigenvalue weighted by Crippen LogP contribution is 2.48. The number of aliphatic hydroxyl groups excluding tert-OH is 1. The second kappa shape index (κ2) is 8.78. The van der Waals surface area contributed by atoms with Crippen molar-refractivity contribution in [3.8, 4) is 22.5 Å². The van der Waals surface area contributed by atoms with Crippen LogP contribution in [0.1, 0.15) is 19.3 Å². The highest BCUT2D eigenvalue weighted by atomic mass is 32.2. The van der Waals surface area contributed by atoms with Crippen LogP contribution in [0.3, 0.4) is 0 Å². The summed E-state index contributed by atoms with van der Waals surface area (Å²) in [6.45, 7) is 0.432. The van der Waals surface area contributed by atoms with E-state index in [1.165, 1.54) is 19.3 Å². The SMILES string of the molecule is Nc1c(SC2CCC2)sc2nc(-c3cnc(NCCO)nc3)cc(-c3ccccn3)c12. The average molecular weight is 451 g/mol. The van der Waals surface area contributed by atoms with Crippen LogP contribution in [-0.2, 0) is 0 Å². The minimum absolute atomic E-state index is 0.0256. The van der Waals surface area contributed by atoms with Gasteiger partial charge in [0, 0.05) is 46.9 Å². The number of hydrogen-bond donors (Lipinski definition) is 3. The zero-order valence-electron chi connectivity index (χ0n) is 16.8. The minimum atomic E-state index is 0.0256. The van der Waals surface area contributed by atoms with Gasteiger partial charge in [0.1, 0.15) is 4.83 Å². The molecule has 0 saturated heterocycles. The van der Waals surface area contributed by atoms with Crippen LogP contribution >= 0.6 is 23.1 Å². The summed E-state index contributed by atoms with van der Waals surface area (Å²) in [5.41, 5.74) is 10.9. The van der Waals surface area contributed by atoms with Crippen LogP contribution in [0.5, 0.6) is 0 Å². The van der Waals surface area contributed by atoms with Crippen molar-refractivity contribution >= 4 is 45.0 Å². The molecule has 1 fully saturated rings. The zero-order chi connectivity index (χ0) is 21.2. The van der Waals surface area contributed by atoms with E-state index in [2.05, 4.69) is 20.3 Å². The predicted octanol–water partition coefficient (Wildman–Crippen LogP) is 4.45. The Morgan fingerprint density at radius 2 is 2.00 bits per heavy atom. The molecular formula is C22H22N6OS2. The van der Waals surface area contributed by atoms with Gasteiger partial charge in [0.15, 0.2) is 0 Å². The van der Waals surface area contributed by atoms with Crippen molar-refractivity contribution in [3.05, 3.63) is 42.9 Å². The number of rotatable bonds is 7. The van der Waals surface area contributed by atoms with Gasteiger partial charge in [-0.15, -0.1) is 23.1 Å². The van der Waals surface area contributed by atoms with Gasteiger partial charge >= 0.3 is 0 Å². The third-order valence-corrected chi connectivity index (χ3v) is 7.95. The first-order valence-corrected chi connectivity index (χ1v) is 11.9. The normalized spacial score (nSPS) is 14.0. The van der Waals surface area contributed by atoms with E-state index in [-0.39, 0.29) is 6.61 Å². The number of hydrogen-bond acceptors (Lipinski definition) is 9. The lowest BCUT2D eigenvalue weighted by molar-refractivity contribution is 0.311. The fourth-order valence-corrected chi connectivity index (χ4v) is 6.21. The van der Waals surface area contributed by atoms with Crippen molar-refractivity contribution in [2.45, 2.75) is 28.7 Å². The van der Waals surface area contributed by atoms with Gasteiger partial charge in [-0.3, -0.25) is 4.98 Å². The highest BCUT2D eigenvalue weighted by molar-refractivity contribution is 8.02. The monoisotopic (exact) mass is 450 g/mol. The molecule has 1 aliphatic carbocycles. The van der Waals surface area contributed by atoms with E-state index in [1.807, 2.05) is 36.0 Å². The largest absolute Gasteiger partial charge is 0.397 e. The lowest BCUT2D eigenvalue weighted by Crippen LogP contribution is -2.12. The Bertz CT molecular complexity index is 1190. The van der Waals surface area contributed by atoms with Gasteiger partial charge in [0.05, 0.1) is 27.9 Å². The molecule has 7 nitrogen and oxygen atoms in total. The van der Waals surface area contributed by atoms with Crippen molar-refractivity contribution in [2.75, 3.05) is 24.2 Å². The molecule has 31 heavy (non-hydrogen) atoms. The smallest absolute Gasteiger partial charge is 0.222 e. The van der Waals surface area contributed by atoms with Crippen LogP contribution < -0.4 is 11.1 Å². The summed E-state index contributed by atoms with van der Waals surface area (Å²) in [6.07, 6.45) is 9.07. The number of nitrogens with two attached hydrogens (primary N) is 1. The Labute approximate surface area is 188 Å². The van der Waals surface area contributed by atoms with Crippen molar-refractivity contribution in [1.29, 1.82) is 0 Å². The molecule has 4 aromatic rings. The van der Waals surface area contributed by atoms with Gasteiger partial charge < -0.3 is 16.2 Å². The molecule has 9 heteroatoms. The number of nitrogens with one attached hydrogen (secondary N) is 1. The first-order chi connectivity index (χ1) is 15.2. The zero-order valence-corrected chi connectivity index (χ0v) is 18.4. The topological polar surface area (TPSA) is 110 Å². The molecule has 5 rings (SSSR count). The molecule has 0 amide bonds. The molecule has 0 aromatic carbocycles. The fourth-order valence-electron chi connectivity index (χ4n) is 3.42. The number of nitrogen functional groups attached to an aromatic ring is 1. The summed E-state index contributed by atoms with van der Waals surface area (Å²) in [5.74, 6) is 0.475. The van der Waals surface area contributed by atoms with E-state index in [9.17, 15) is 0 Å². The number of fused-ring (bicyclic) bond motifs is 1. The van der Waals surface area contributed by atoms with Crippen molar-refractivity contribution in [3.63, 3.8) is 0 Å². The van der Waals surface area contributed by atoms with Crippen LogP contribution in [-0.4, -0.2) is 43.4 Å². The summed E-state index contributed by atoms with van der Waals surface area (Å²) in [6, 6.07) is 7.90. The Morgan fingerprint density at radius 3 is 2.68 bits per heavy atom. The number of pyridine rings is 2. The maximum absolute atomic E-state index is 8.95. The predicted molar refractivity (Wildman–Crippen MR) is 127 cm³/mol. The Balaban J connectivity index is 1.60. The maximum Gasteiger partial charge on any atom is 0.222 e. The van der Waals surface area contributed by atoms with Crippen molar-refractivity contribution < 1.29 is 5.11 Å². The van der Waals surface area contributed by atoms with E-state index >= 15 is 0 Å². The molecule has 4 heterocycles. The molecule has 0 bridgehead atoms. The number of thiophene rings is 1. The molecule has 0 spiro atoms. The number of anilines is 2. The molecule has 1 aliphatic rings. The number of thioether (sulfide) groups is 1. The summed E-state index contributed by atoms with van der Waals surface area (Å²) in [7, 11) is 0. The summed E-state index contributed by atoms with van der Waals surface area (Å²) >= 11 is 3.53. The summed E-state index contributed by atoms with van der Waals surface area (Å²) < 4.78 is 1.14. The van der Waals surface area contributed by atoms with Crippen LogP contribution in [0.4, 0.5) is 11.6 Å². The van der Waals surface area contributed by atoms with E-state index in [4.69, 9.17) is 15.8 Å². The van der Waals surface area contributed by atoms with E-state index < -0.39 is 0 Å². The van der Waals surface area contributed by atoms with Crippen LogP contribution in [0.2, 0.25) is 0 Å². The molecule has 0 radical (unpaired) electrons. The Kier molecular flexibility index (Phi) is 5.71. The first-order valence-electron chi connectivity index (χ1n) is 10.2. The Hall–Kier alpha value is -2.75. The lowest BCUT2D eigenvalue weighted by atomic mass is 10.0. The van der Waals surface area contributed by atoms with Gasteiger partial charge in [-0.25, -0.2) is 15.0 Å². The molecule has 4 aromatic heterocycles. The third kappa shape index (κ3) is 4.08. The molecule has 1 saturated carbocycles. The van der Waals surface area contributed by atoms with Crippen molar-refractivity contribution in [2.24, 2.45) is 0 Å². The number of aliphatic hydroxyl groups is 1. The minimum Gasteiger partial charge on any atom is -0.397 e. The molecular weight excluding hydrogens is 428 g/mol. The van der Waals surface area contributed by atoms with Crippen LogP contribution in [0, 0.1) is 0 Å².